The van der Waals surface area contributed by atoms with Gasteiger partial charge in [-0.2, -0.15) is 13.2 Å². The van der Waals surface area contributed by atoms with Gasteiger partial charge in [-0.25, -0.2) is 0 Å². The van der Waals surface area contributed by atoms with Crippen molar-refractivity contribution in [1.29, 1.82) is 0 Å². The van der Waals surface area contributed by atoms with Crippen molar-refractivity contribution >= 4 is 29.2 Å². The van der Waals surface area contributed by atoms with Crippen molar-refractivity contribution in [1.82, 2.24) is 0 Å². The highest BCUT2D eigenvalue weighted by Gasteiger charge is 2.41. The van der Waals surface area contributed by atoms with Gasteiger partial charge in [-0.15, -0.1) is 0 Å². The summed E-state index contributed by atoms with van der Waals surface area (Å²) in [6, 6.07) is 3.01. The number of anilines is 1. The van der Waals surface area contributed by atoms with Crippen molar-refractivity contribution in [3.63, 3.8) is 0 Å². The number of amides is 1. The van der Waals surface area contributed by atoms with E-state index in [4.69, 9.17) is 16.7 Å². The van der Waals surface area contributed by atoms with Gasteiger partial charge in [-0.05, 0) is 31.0 Å². The number of hydrogen-bond acceptors (Lipinski definition) is 2. The lowest BCUT2D eigenvalue weighted by molar-refractivity contribution is -0.151. The van der Waals surface area contributed by atoms with E-state index in [0.29, 0.717) is 12.8 Å². The van der Waals surface area contributed by atoms with Gasteiger partial charge >= 0.3 is 12.1 Å². The number of nitrogens with one attached hydrogen (secondary N) is 1. The van der Waals surface area contributed by atoms with Gasteiger partial charge in [-0.1, -0.05) is 11.6 Å². The summed E-state index contributed by atoms with van der Waals surface area (Å²) in [5, 5.41) is 10.7. The van der Waals surface area contributed by atoms with Gasteiger partial charge in [0, 0.05) is 5.69 Å². The lowest BCUT2D eigenvalue weighted by Crippen LogP contribution is -2.41. The van der Waals surface area contributed by atoms with Crippen LogP contribution in [0.4, 0.5) is 18.9 Å². The average molecular weight is 322 g/mol. The largest absolute Gasteiger partial charge is 0.481 e. The standard InChI is InChI=1S/C13H11ClF3NO3/c14-10-4-1-6(5-9(10)13(15,16)17)18-11(19)7-2-3-8(7)12(20)21/h1,4-5,7-8H,2-3H2,(H,18,19)(H,20,21). The molecule has 0 spiro atoms. The van der Waals surface area contributed by atoms with E-state index in [9.17, 15) is 22.8 Å². The second kappa shape index (κ2) is 5.55. The molecule has 1 saturated carbocycles. The minimum absolute atomic E-state index is 0.0623. The molecule has 1 aromatic rings. The molecule has 114 valence electrons. The summed E-state index contributed by atoms with van der Waals surface area (Å²) in [6.07, 6.45) is -3.83. The topological polar surface area (TPSA) is 66.4 Å². The number of carbonyl (C=O) groups excluding carboxylic acids is 1. The summed E-state index contributed by atoms with van der Waals surface area (Å²) >= 11 is 5.47. The Morgan fingerprint density at radius 1 is 1.24 bits per heavy atom. The summed E-state index contributed by atoms with van der Waals surface area (Å²) < 4.78 is 38.1. The van der Waals surface area contributed by atoms with Crippen molar-refractivity contribution in [3.8, 4) is 0 Å². The van der Waals surface area contributed by atoms with Gasteiger partial charge in [0.15, 0.2) is 0 Å². The first kappa shape index (κ1) is 15.6. The maximum Gasteiger partial charge on any atom is 0.417 e. The van der Waals surface area contributed by atoms with Gasteiger partial charge in [0.05, 0.1) is 22.4 Å². The van der Waals surface area contributed by atoms with Crippen LogP contribution < -0.4 is 5.32 Å². The van der Waals surface area contributed by atoms with E-state index in [0.717, 1.165) is 12.1 Å². The molecule has 21 heavy (non-hydrogen) atoms. The van der Waals surface area contributed by atoms with Crippen molar-refractivity contribution in [2.24, 2.45) is 11.8 Å². The molecule has 1 aliphatic rings. The molecular weight excluding hydrogens is 311 g/mol. The van der Waals surface area contributed by atoms with Crippen molar-refractivity contribution in [2.75, 3.05) is 5.32 Å². The maximum absolute atomic E-state index is 12.7. The monoisotopic (exact) mass is 321 g/mol. The molecule has 4 nitrogen and oxygen atoms in total. The third-order valence-electron chi connectivity index (χ3n) is 3.47. The lowest BCUT2D eigenvalue weighted by Gasteiger charge is -2.31. The van der Waals surface area contributed by atoms with Gasteiger partial charge in [0.2, 0.25) is 5.91 Å². The van der Waals surface area contributed by atoms with Crippen LogP contribution in [0.1, 0.15) is 18.4 Å². The molecule has 2 rings (SSSR count). The molecule has 2 N–H and O–H groups in total. The molecule has 8 heteroatoms. The third kappa shape index (κ3) is 3.29. The van der Waals surface area contributed by atoms with Gasteiger partial charge in [0.1, 0.15) is 0 Å². The predicted molar refractivity (Wildman–Crippen MR) is 68.9 cm³/mol. The van der Waals surface area contributed by atoms with Crippen molar-refractivity contribution in [2.45, 2.75) is 19.0 Å². The second-order valence-electron chi connectivity index (χ2n) is 4.81. The molecule has 0 bridgehead atoms. The Labute approximate surface area is 122 Å². The smallest absolute Gasteiger partial charge is 0.417 e. The maximum atomic E-state index is 12.7. The molecule has 1 fully saturated rings. The number of carboxylic acids is 1. The first-order chi connectivity index (χ1) is 9.70. The van der Waals surface area contributed by atoms with Crippen LogP contribution in [0.3, 0.4) is 0 Å². The van der Waals surface area contributed by atoms with Gasteiger partial charge < -0.3 is 10.4 Å². The fourth-order valence-electron chi connectivity index (χ4n) is 2.16. The Morgan fingerprint density at radius 3 is 2.33 bits per heavy atom. The molecule has 1 aliphatic carbocycles. The minimum Gasteiger partial charge on any atom is -0.481 e. The molecule has 0 saturated heterocycles. The van der Waals surface area contributed by atoms with E-state index in [-0.39, 0.29) is 5.69 Å². The number of halogens is 4. The number of alkyl halides is 3. The van der Waals surface area contributed by atoms with E-state index >= 15 is 0 Å². The van der Waals surface area contributed by atoms with Crippen molar-refractivity contribution in [3.05, 3.63) is 28.8 Å². The van der Waals surface area contributed by atoms with Gasteiger partial charge in [-0.3, -0.25) is 9.59 Å². The summed E-state index contributed by atoms with van der Waals surface area (Å²) in [6.45, 7) is 0. The quantitative estimate of drug-likeness (QED) is 0.896. The minimum atomic E-state index is -4.63. The molecule has 1 aromatic carbocycles. The molecule has 0 aliphatic heterocycles. The molecule has 2 unspecified atom stereocenters. The number of carboxylic acid groups (broad SMARTS) is 1. The molecule has 0 aromatic heterocycles. The first-order valence-electron chi connectivity index (χ1n) is 6.10. The Kier molecular flexibility index (Phi) is 4.13. The normalized spacial score (nSPS) is 21.5. The first-order valence-corrected chi connectivity index (χ1v) is 6.48. The number of benzene rings is 1. The van der Waals surface area contributed by atoms with Crippen LogP contribution in [0, 0.1) is 11.8 Å². The highest BCUT2D eigenvalue weighted by Crippen LogP contribution is 2.38. The Morgan fingerprint density at radius 2 is 1.86 bits per heavy atom. The molecule has 1 amide bonds. The Bertz CT molecular complexity index is 589. The zero-order chi connectivity index (χ0) is 15.8. The number of carbonyl (C=O) groups is 2. The molecule has 0 radical (unpaired) electrons. The van der Waals surface area contributed by atoms with Crippen LogP contribution >= 0.6 is 11.6 Å². The molecule has 2 atom stereocenters. The van der Waals surface area contributed by atoms with E-state index < -0.39 is 40.5 Å². The summed E-state index contributed by atoms with van der Waals surface area (Å²) in [7, 11) is 0. The number of rotatable bonds is 3. The second-order valence-corrected chi connectivity index (χ2v) is 5.22. The zero-order valence-electron chi connectivity index (χ0n) is 10.6. The number of aliphatic carboxylic acids is 1. The van der Waals surface area contributed by atoms with E-state index in [1.165, 1.54) is 6.07 Å². The Balaban J connectivity index is 2.14. The van der Waals surface area contributed by atoms with Crippen LogP contribution in [0.2, 0.25) is 5.02 Å². The zero-order valence-corrected chi connectivity index (χ0v) is 11.3. The fraction of sp³-hybridized carbons (Fsp3) is 0.385. The SMILES string of the molecule is O=C(O)C1CCC1C(=O)Nc1ccc(Cl)c(C(F)(F)F)c1. The lowest BCUT2D eigenvalue weighted by atomic mass is 9.73. The van der Waals surface area contributed by atoms with Crippen LogP contribution in [-0.4, -0.2) is 17.0 Å². The third-order valence-corrected chi connectivity index (χ3v) is 3.80. The van der Waals surface area contributed by atoms with E-state index in [1.807, 2.05) is 0 Å². The highest BCUT2D eigenvalue weighted by atomic mass is 35.5. The highest BCUT2D eigenvalue weighted by molar-refractivity contribution is 6.31. The van der Waals surface area contributed by atoms with Crippen LogP contribution in [0.5, 0.6) is 0 Å². The van der Waals surface area contributed by atoms with Crippen LogP contribution in [0.15, 0.2) is 18.2 Å². The fourth-order valence-corrected chi connectivity index (χ4v) is 2.39. The summed E-state index contributed by atoms with van der Waals surface area (Å²) in [5.41, 5.74) is -1.11. The number of hydrogen-bond donors (Lipinski definition) is 2. The van der Waals surface area contributed by atoms with Crippen molar-refractivity contribution < 1.29 is 27.9 Å². The van der Waals surface area contributed by atoms with E-state index in [2.05, 4.69) is 5.32 Å². The van der Waals surface area contributed by atoms with Gasteiger partial charge in [0.25, 0.3) is 0 Å². The summed E-state index contributed by atoms with van der Waals surface area (Å²) in [4.78, 5) is 22.7. The summed E-state index contributed by atoms with van der Waals surface area (Å²) in [5.74, 6) is -3.16. The molecule has 0 heterocycles. The van der Waals surface area contributed by atoms with Crippen LogP contribution in [-0.2, 0) is 15.8 Å². The van der Waals surface area contributed by atoms with E-state index in [1.54, 1.807) is 0 Å². The van der Waals surface area contributed by atoms with Crippen LogP contribution in [0.25, 0.3) is 0 Å². The molecular formula is C13H11ClF3NO3. The average Bonchev–Trinajstić information content (AvgIpc) is 2.27. The predicted octanol–water partition coefficient (Wildman–Crippen LogP) is 3.41. The Hall–Kier alpha value is -1.76.